The highest BCUT2D eigenvalue weighted by Gasteiger charge is 2.22. The number of carboxylic acids is 1. The first-order valence-electron chi connectivity index (χ1n) is 5.73. The summed E-state index contributed by atoms with van der Waals surface area (Å²) in [6, 6.07) is 0.848. The number of carboxylic acid groups (broad SMARTS) is 1. The average Bonchev–Trinajstić information content (AvgIpc) is 2.79. The Balaban J connectivity index is 2.86. The van der Waals surface area contributed by atoms with E-state index in [1.54, 1.807) is 0 Å². The quantitative estimate of drug-likeness (QED) is 0.760. The molecule has 1 heterocycles. The van der Waals surface area contributed by atoms with Gasteiger partial charge in [0.2, 0.25) is 10.0 Å². The Morgan fingerprint density at radius 2 is 2.26 bits per heavy atom. The molecule has 2 N–H and O–H groups in total. The van der Waals surface area contributed by atoms with Crippen LogP contribution in [-0.4, -0.2) is 39.3 Å². The van der Waals surface area contributed by atoms with Gasteiger partial charge in [-0.25, -0.2) is 17.9 Å². The number of nitrogens with one attached hydrogen (secondary N) is 1. The van der Waals surface area contributed by atoms with E-state index >= 15 is 0 Å². The first kappa shape index (κ1) is 16.1. The van der Waals surface area contributed by atoms with Crippen molar-refractivity contribution in [1.82, 2.24) is 4.72 Å². The molecule has 0 aliphatic rings. The smallest absolute Gasteiger partial charge is 0.336 e. The van der Waals surface area contributed by atoms with Crippen molar-refractivity contribution in [3.8, 4) is 0 Å². The number of sulfonamides is 1. The van der Waals surface area contributed by atoms with E-state index in [4.69, 9.17) is 9.84 Å². The van der Waals surface area contributed by atoms with E-state index in [1.165, 1.54) is 12.5 Å². The molecule has 0 radical (unpaired) electrons. The molecule has 19 heavy (non-hydrogen) atoms. The molecule has 1 aromatic rings. The molecule has 0 saturated carbocycles. The van der Waals surface area contributed by atoms with Crippen molar-refractivity contribution in [2.75, 3.05) is 13.7 Å². The molecule has 1 aromatic heterocycles. The van der Waals surface area contributed by atoms with E-state index < -0.39 is 16.0 Å². The van der Waals surface area contributed by atoms with Crippen LogP contribution in [0.3, 0.4) is 0 Å². The van der Waals surface area contributed by atoms with E-state index in [9.17, 15) is 13.2 Å². The molecular weight excluding hydrogens is 290 g/mol. The number of ether oxygens (including phenoxy) is 1. The van der Waals surface area contributed by atoms with Gasteiger partial charge in [0.05, 0.1) is 12.2 Å². The van der Waals surface area contributed by atoms with Gasteiger partial charge >= 0.3 is 5.97 Å². The van der Waals surface area contributed by atoms with Gasteiger partial charge < -0.3 is 9.84 Å². The maximum Gasteiger partial charge on any atom is 0.336 e. The number of thiophene rings is 1. The van der Waals surface area contributed by atoms with Gasteiger partial charge in [-0.05, 0) is 12.5 Å². The number of hydrogen-bond acceptors (Lipinski definition) is 5. The zero-order chi connectivity index (χ0) is 14.5. The minimum Gasteiger partial charge on any atom is -0.478 e. The molecule has 8 heteroatoms. The third-order valence-electron chi connectivity index (χ3n) is 2.41. The van der Waals surface area contributed by atoms with Crippen LogP contribution in [0.15, 0.2) is 15.7 Å². The fraction of sp³-hybridized carbons (Fsp3) is 0.545. The van der Waals surface area contributed by atoms with Crippen LogP contribution in [0, 0.1) is 0 Å². The summed E-state index contributed by atoms with van der Waals surface area (Å²) in [5.74, 6) is -1.14. The van der Waals surface area contributed by atoms with Gasteiger partial charge in [0.1, 0.15) is 4.21 Å². The molecule has 0 spiro atoms. The summed E-state index contributed by atoms with van der Waals surface area (Å²) in [5.41, 5.74) is -0.0239. The van der Waals surface area contributed by atoms with Crippen molar-refractivity contribution in [3.63, 3.8) is 0 Å². The molecule has 0 aliphatic heterocycles. The molecule has 108 valence electrons. The van der Waals surface area contributed by atoms with Gasteiger partial charge in [-0.15, -0.1) is 11.3 Å². The van der Waals surface area contributed by atoms with Gasteiger partial charge in [0, 0.05) is 18.5 Å². The van der Waals surface area contributed by atoms with Crippen LogP contribution in [0.1, 0.15) is 30.1 Å². The number of methoxy groups -OCH3 is 1. The fourth-order valence-corrected chi connectivity index (χ4v) is 4.00. The average molecular weight is 307 g/mol. The van der Waals surface area contributed by atoms with Crippen molar-refractivity contribution in [2.45, 2.75) is 30.0 Å². The van der Waals surface area contributed by atoms with Crippen LogP contribution >= 0.6 is 11.3 Å². The van der Waals surface area contributed by atoms with Crippen molar-refractivity contribution in [1.29, 1.82) is 0 Å². The minimum absolute atomic E-state index is 0.00195. The maximum atomic E-state index is 12.1. The van der Waals surface area contributed by atoms with Crippen LogP contribution in [-0.2, 0) is 14.8 Å². The second-order valence-corrected chi connectivity index (χ2v) is 6.87. The first-order valence-corrected chi connectivity index (χ1v) is 8.10. The van der Waals surface area contributed by atoms with Gasteiger partial charge in [-0.1, -0.05) is 13.3 Å². The van der Waals surface area contributed by atoms with Crippen LogP contribution < -0.4 is 4.72 Å². The van der Waals surface area contributed by atoms with Gasteiger partial charge in [0.15, 0.2) is 0 Å². The molecule has 6 nitrogen and oxygen atoms in total. The Labute approximate surface area is 116 Å². The number of hydrogen-bond donors (Lipinski definition) is 2. The van der Waals surface area contributed by atoms with Crippen LogP contribution in [0.4, 0.5) is 0 Å². The van der Waals surface area contributed by atoms with Crippen LogP contribution in [0.5, 0.6) is 0 Å². The SMILES string of the molecule is CCCC(COC)NS(=O)(=O)c1cc(C(=O)O)cs1. The minimum atomic E-state index is -3.69. The van der Waals surface area contributed by atoms with Crippen molar-refractivity contribution >= 4 is 27.3 Å². The lowest BCUT2D eigenvalue weighted by Gasteiger charge is -2.16. The summed E-state index contributed by atoms with van der Waals surface area (Å²) in [4.78, 5) is 10.7. The Kier molecular flexibility index (Phi) is 5.92. The van der Waals surface area contributed by atoms with Crippen LogP contribution in [0.2, 0.25) is 0 Å². The Morgan fingerprint density at radius 3 is 2.74 bits per heavy atom. The highest BCUT2D eigenvalue weighted by Crippen LogP contribution is 2.20. The molecule has 0 amide bonds. The van der Waals surface area contributed by atoms with Crippen molar-refractivity contribution in [3.05, 3.63) is 17.0 Å². The maximum absolute atomic E-state index is 12.1. The molecule has 1 atom stereocenters. The van der Waals surface area contributed by atoms with Gasteiger partial charge in [-0.2, -0.15) is 0 Å². The topological polar surface area (TPSA) is 92.7 Å². The Hall–Kier alpha value is -0.960. The fourth-order valence-electron chi connectivity index (χ4n) is 1.57. The number of rotatable bonds is 8. The van der Waals surface area contributed by atoms with E-state index in [0.717, 1.165) is 23.8 Å². The largest absolute Gasteiger partial charge is 0.478 e. The summed E-state index contributed by atoms with van der Waals surface area (Å²) in [5, 5.41) is 10.1. The van der Waals surface area contributed by atoms with Crippen LogP contribution in [0.25, 0.3) is 0 Å². The Bertz CT molecular complexity index is 517. The molecule has 0 bridgehead atoms. The van der Waals surface area contributed by atoms with E-state index in [2.05, 4.69) is 4.72 Å². The third kappa shape index (κ3) is 4.57. The normalized spacial score (nSPS) is 13.4. The van der Waals surface area contributed by atoms with E-state index in [0.29, 0.717) is 6.42 Å². The summed E-state index contributed by atoms with van der Waals surface area (Å²) in [6.45, 7) is 2.23. The molecule has 0 aromatic carbocycles. The molecule has 0 saturated heterocycles. The summed E-state index contributed by atoms with van der Waals surface area (Å²) in [6.07, 6.45) is 1.48. The molecule has 0 fully saturated rings. The zero-order valence-electron chi connectivity index (χ0n) is 10.8. The lowest BCUT2D eigenvalue weighted by Crippen LogP contribution is -2.37. The second kappa shape index (κ2) is 6.99. The van der Waals surface area contributed by atoms with Crippen molar-refractivity contribution < 1.29 is 23.1 Å². The Morgan fingerprint density at radius 1 is 1.58 bits per heavy atom. The van der Waals surface area contributed by atoms with E-state index in [-0.39, 0.29) is 22.4 Å². The monoisotopic (exact) mass is 307 g/mol. The number of aromatic carboxylic acids is 1. The van der Waals surface area contributed by atoms with E-state index in [1.807, 2.05) is 6.92 Å². The molecular formula is C11H17NO5S2. The zero-order valence-corrected chi connectivity index (χ0v) is 12.4. The summed E-state index contributed by atoms with van der Waals surface area (Å²) >= 11 is 0.891. The summed E-state index contributed by atoms with van der Waals surface area (Å²) < 4.78 is 31.7. The lowest BCUT2D eigenvalue weighted by atomic mass is 10.2. The number of carbonyl (C=O) groups is 1. The molecule has 1 rings (SSSR count). The highest BCUT2D eigenvalue weighted by atomic mass is 32.2. The molecule has 0 aliphatic carbocycles. The lowest BCUT2D eigenvalue weighted by molar-refractivity contribution is 0.0697. The molecule has 1 unspecified atom stereocenters. The summed E-state index contributed by atoms with van der Waals surface area (Å²) in [7, 11) is -2.19. The predicted octanol–water partition coefficient (Wildman–Crippen LogP) is 1.54. The van der Waals surface area contributed by atoms with Gasteiger partial charge in [0.25, 0.3) is 0 Å². The van der Waals surface area contributed by atoms with Crippen molar-refractivity contribution in [2.24, 2.45) is 0 Å². The van der Waals surface area contributed by atoms with Gasteiger partial charge in [-0.3, -0.25) is 0 Å². The second-order valence-electron chi connectivity index (χ2n) is 4.02. The third-order valence-corrected chi connectivity index (χ3v) is 5.37. The first-order chi connectivity index (χ1) is 8.90. The highest BCUT2D eigenvalue weighted by molar-refractivity contribution is 7.91. The predicted molar refractivity (Wildman–Crippen MR) is 72.2 cm³/mol. The standard InChI is InChI=1S/C11H17NO5S2/c1-3-4-9(6-17-2)12-19(15,16)10-5-8(7-18-10)11(13)14/h5,7,9,12H,3-4,6H2,1-2H3,(H,13,14).